The van der Waals surface area contributed by atoms with Gasteiger partial charge >= 0.3 is 0 Å². The molecule has 2 saturated heterocycles. The first-order valence-electron chi connectivity index (χ1n) is 11.5. The van der Waals surface area contributed by atoms with Gasteiger partial charge in [0.15, 0.2) is 0 Å². The second-order valence-corrected chi connectivity index (χ2v) is 10.1. The van der Waals surface area contributed by atoms with Gasteiger partial charge < -0.3 is 14.5 Å². The van der Waals surface area contributed by atoms with E-state index < -0.39 is 0 Å². The number of rotatable bonds is 6. The molecule has 2 fully saturated rings. The van der Waals surface area contributed by atoms with Crippen molar-refractivity contribution in [1.29, 1.82) is 0 Å². The molecule has 8 heteroatoms. The van der Waals surface area contributed by atoms with E-state index in [9.17, 15) is 9.59 Å². The zero-order valence-corrected chi connectivity index (χ0v) is 20.3. The Bertz CT molecular complexity index is 1150. The van der Waals surface area contributed by atoms with Gasteiger partial charge in [-0.3, -0.25) is 9.59 Å². The molecule has 0 bridgehead atoms. The number of carbonyl (C=O) groups is 2. The van der Waals surface area contributed by atoms with Crippen molar-refractivity contribution in [1.82, 2.24) is 14.8 Å². The van der Waals surface area contributed by atoms with Crippen LogP contribution < -0.4 is 4.74 Å². The lowest BCUT2D eigenvalue weighted by Gasteiger charge is -2.38. The number of ether oxygens (including phenoxy) is 1. The molecule has 0 N–H and O–H groups in total. The fourth-order valence-corrected chi connectivity index (χ4v) is 5.57. The van der Waals surface area contributed by atoms with Crippen molar-refractivity contribution in [2.45, 2.75) is 31.3 Å². The number of hydrogen-bond donors (Lipinski definition) is 0. The average Bonchev–Trinajstić information content (AvgIpc) is 3.33. The van der Waals surface area contributed by atoms with Crippen LogP contribution in [0.2, 0.25) is 5.02 Å². The van der Waals surface area contributed by atoms with E-state index in [0.717, 1.165) is 29.2 Å². The van der Waals surface area contributed by atoms with Crippen molar-refractivity contribution in [3.63, 3.8) is 0 Å². The van der Waals surface area contributed by atoms with Crippen molar-refractivity contribution < 1.29 is 14.3 Å². The second kappa shape index (κ2) is 10.2. The summed E-state index contributed by atoms with van der Waals surface area (Å²) in [5, 5.41) is 3.47. The summed E-state index contributed by atoms with van der Waals surface area (Å²) >= 11 is 7.75. The van der Waals surface area contributed by atoms with E-state index in [1.807, 2.05) is 64.9 Å². The highest BCUT2D eigenvalue weighted by Crippen LogP contribution is 2.31. The summed E-state index contributed by atoms with van der Waals surface area (Å²) in [6, 6.07) is 17.2. The van der Waals surface area contributed by atoms with Crippen molar-refractivity contribution in [2.75, 3.05) is 26.2 Å². The molecule has 2 amide bonds. The second-order valence-electron chi connectivity index (χ2n) is 8.76. The summed E-state index contributed by atoms with van der Waals surface area (Å²) in [5.74, 6) is 1.17. The molecular formula is C26H26ClN3O3S. The SMILES string of the molecule is O=C(Cc1ccccc1Cl)N1CCC(c2nc(C(=O)N3CC(Oc4ccccc4)C3)cs2)CC1. The van der Waals surface area contributed by atoms with Gasteiger partial charge in [-0.15, -0.1) is 11.3 Å². The summed E-state index contributed by atoms with van der Waals surface area (Å²) in [7, 11) is 0. The van der Waals surface area contributed by atoms with Gasteiger partial charge in [0, 0.05) is 29.4 Å². The first-order valence-corrected chi connectivity index (χ1v) is 12.8. The highest BCUT2D eigenvalue weighted by molar-refractivity contribution is 7.09. The first-order chi connectivity index (χ1) is 16.6. The molecule has 34 heavy (non-hydrogen) atoms. The van der Waals surface area contributed by atoms with Crippen molar-refractivity contribution in [2.24, 2.45) is 0 Å². The van der Waals surface area contributed by atoms with E-state index in [-0.39, 0.29) is 23.8 Å². The number of amides is 2. The van der Waals surface area contributed by atoms with Crippen LogP contribution in [-0.4, -0.2) is 58.9 Å². The minimum Gasteiger partial charge on any atom is -0.487 e. The van der Waals surface area contributed by atoms with Crippen molar-refractivity contribution in [3.8, 4) is 5.75 Å². The lowest BCUT2D eigenvalue weighted by molar-refractivity contribution is -0.131. The molecule has 1 aromatic heterocycles. The van der Waals surface area contributed by atoms with Gasteiger partial charge in [-0.1, -0.05) is 48.0 Å². The van der Waals surface area contributed by atoms with Gasteiger partial charge in [0.25, 0.3) is 5.91 Å². The Morgan fingerprint density at radius 3 is 2.44 bits per heavy atom. The lowest BCUT2D eigenvalue weighted by Crippen LogP contribution is -2.56. The molecule has 2 aliphatic heterocycles. The van der Waals surface area contributed by atoms with Crippen LogP contribution in [0, 0.1) is 0 Å². The summed E-state index contributed by atoms with van der Waals surface area (Å²) in [6.45, 7) is 2.54. The first kappa shape index (κ1) is 22.9. The topological polar surface area (TPSA) is 62.7 Å². The Kier molecular flexibility index (Phi) is 6.83. The van der Waals surface area contributed by atoms with E-state index >= 15 is 0 Å². The molecule has 2 aromatic carbocycles. The number of para-hydroxylation sites is 1. The highest BCUT2D eigenvalue weighted by Gasteiger charge is 2.34. The maximum absolute atomic E-state index is 12.8. The third kappa shape index (κ3) is 5.10. The fourth-order valence-electron chi connectivity index (χ4n) is 4.40. The lowest BCUT2D eigenvalue weighted by atomic mass is 9.97. The van der Waals surface area contributed by atoms with Crippen molar-refractivity contribution >= 4 is 34.8 Å². The molecule has 2 aliphatic rings. The molecule has 0 atom stereocenters. The number of hydrogen-bond acceptors (Lipinski definition) is 5. The largest absolute Gasteiger partial charge is 0.487 e. The van der Waals surface area contributed by atoms with Crippen LogP contribution in [0.15, 0.2) is 60.0 Å². The standard InChI is InChI=1S/C26H26ClN3O3S/c27-22-9-5-4-6-19(22)14-24(31)29-12-10-18(11-13-29)25-28-23(17-34-25)26(32)30-15-21(16-30)33-20-7-2-1-3-8-20/h1-9,17-18,21H,10-16H2. The van der Waals surface area contributed by atoms with Gasteiger partial charge in [0.05, 0.1) is 24.5 Å². The number of aromatic nitrogens is 1. The highest BCUT2D eigenvalue weighted by atomic mass is 35.5. The number of benzene rings is 2. The molecule has 0 saturated carbocycles. The van der Waals surface area contributed by atoms with Gasteiger partial charge in [-0.2, -0.15) is 0 Å². The molecular weight excluding hydrogens is 470 g/mol. The van der Waals surface area contributed by atoms with E-state index in [4.69, 9.17) is 16.3 Å². The number of likely N-dealkylation sites (tertiary alicyclic amines) is 2. The Morgan fingerprint density at radius 1 is 1.00 bits per heavy atom. The molecule has 0 radical (unpaired) electrons. The van der Waals surface area contributed by atoms with Crippen LogP contribution in [0.25, 0.3) is 0 Å². The Balaban J connectivity index is 1.10. The van der Waals surface area contributed by atoms with Crippen LogP contribution in [0.3, 0.4) is 0 Å². The monoisotopic (exact) mass is 495 g/mol. The van der Waals surface area contributed by atoms with Crippen LogP contribution in [0.1, 0.15) is 39.8 Å². The van der Waals surface area contributed by atoms with Crippen LogP contribution in [0.5, 0.6) is 5.75 Å². The number of carbonyl (C=O) groups excluding carboxylic acids is 2. The van der Waals surface area contributed by atoms with Crippen LogP contribution >= 0.6 is 22.9 Å². The third-order valence-corrected chi connectivity index (χ3v) is 7.79. The third-order valence-electron chi connectivity index (χ3n) is 6.42. The number of halogens is 1. The maximum atomic E-state index is 12.8. The molecule has 3 heterocycles. The minimum atomic E-state index is -0.0391. The molecule has 3 aromatic rings. The summed E-state index contributed by atoms with van der Waals surface area (Å²) in [6.07, 6.45) is 2.06. The molecule has 176 valence electrons. The van der Waals surface area contributed by atoms with E-state index in [1.165, 1.54) is 0 Å². The van der Waals surface area contributed by atoms with Crippen molar-refractivity contribution in [3.05, 3.63) is 81.3 Å². The number of nitrogens with zero attached hydrogens (tertiary/aromatic N) is 3. The van der Waals surface area contributed by atoms with Crippen LogP contribution in [-0.2, 0) is 11.2 Å². The smallest absolute Gasteiger partial charge is 0.273 e. The maximum Gasteiger partial charge on any atom is 0.273 e. The molecule has 5 rings (SSSR count). The van der Waals surface area contributed by atoms with E-state index in [1.54, 1.807) is 16.2 Å². The van der Waals surface area contributed by atoms with Gasteiger partial charge in [0.1, 0.15) is 17.5 Å². The Morgan fingerprint density at radius 2 is 1.71 bits per heavy atom. The number of piperidine rings is 1. The molecule has 0 unspecified atom stereocenters. The normalized spacial score (nSPS) is 16.9. The molecule has 0 spiro atoms. The Hall–Kier alpha value is -2.90. The van der Waals surface area contributed by atoms with Gasteiger partial charge in [-0.25, -0.2) is 4.98 Å². The number of thiazole rings is 1. The fraction of sp³-hybridized carbons (Fsp3) is 0.346. The zero-order chi connectivity index (χ0) is 23.5. The Labute approximate surface area is 208 Å². The van der Waals surface area contributed by atoms with E-state index in [0.29, 0.717) is 43.3 Å². The van der Waals surface area contributed by atoms with E-state index in [2.05, 4.69) is 4.98 Å². The molecule has 6 nitrogen and oxygen atoms in total. The predicted octanol–water partition coefficient (Wildman–Crippen LogP) is 4.65. The van der Waals surface area contributed by atoms with Gasteiger partial charge in [-0.05, 0) is 36.6 Å². The summed E-state index contributed by atoms with van der Waals surface area (Å²) < 4.78 is 5.89. The van der Waals surface area contributed by atoms with Crippen LogP contribution in [0.4, 0.5) is 0 Å². The quantitative estimate of drug-likeness (QED) is 0.499. The molecule has 0 aliphatic carbocycles. The zero-order valence-electron chi connectivity index (χ0n) is 18.7. The summed E-state index contributed by atoms with van der Waals surface area (Å²) in [5.41, 5.74) is 1.37. The average molecular weight is 496 g/mol. The van der Waals surface area contributed by atoms with Gasteiger partial charge in [0.2, 0.25) is 5.91 Å². The summed E-state index contributed by atoms with van der Waals surface area (Å²) in [4.78, 5) is 33.9. The minimum absolute atomic E-state index is 0.0251. The predicted molar refractivity (Wildman–Crippen MR) is 133 cm³/mol.